The van der Waals surface area contributed by atoms with Gasteiger partial charge in [-0.25, -0.2) is 0 Å². The molecule has 0 aliphatic heterocycles. The van der Waals surface area contributed by atoms with Crippen LogP contribution in [0.2, 0.25) is 0 Å². The summed E-state index contributed by atoms with van der Waals surface area (Å²) in [5.41, 5.74) is 6.06. The van der Waals surface area contributed by atoms with Gasteiger partial charge in [0.1, 0.15) is 0 Å². The Balaban J connectivity index is 2.86. The topological polar surface area (TPSA) is 77.1 Å². The van der Waals surface area contributed by atoms with E-state index >= 15 is 0 Å². The first-order chi connectivity index (χ1) is 8.25. The Bertz CT molecular complexity index is 486. The van der Waals surface area contributed by atoms with Gasteiger partial charge in [-0.2, -0.15) is 0 Å². The number of aromatic nitrogens is 1. The molecule has 1 unspecified atom stereocenters. The van der Waals surface area contributed by atoms with Gasteiger partial charge in [0.25, 0.3) is 5.56 Å². The highest BCUT2D eigenvalue weighted by Gasteiger charge is 2.27. The molecule has 5 heteroatoms. The molecule has 1 aromatic heterocycles. The Morgan fingerprint density at radius 1 is 1.44 bits per heavy atom. The van der Waals surface area contributed by atoms with Crippen LogP contribution in [-0.2, 0) is 11.3 Å². The van der Waals surface area contributed by atoms with E-state index in [9.17, 15) is 9.59 Å². The minimum atomic E-state index is -0.598. The van der Waals surface area contributed by atoms with E-state index in [4.69, 9.17) is 5.73 Å². The first-order valence-corrected chi connectivity index (χ1v) is 6.02. The molecule has 18 heavy (non-hydrogen) atoms. The van der Waals surface area contributed by atoms with E-state index in [0.29, 0.717) is 12.2 Å². The minimum Gasteiger partial charge on any atom is -0.323 e. The molecule has 0 fully saturated rings. The normalized spacial score (nSPS) is 13.2. The summed E-state index contributed by atoms with van der Waals surface area (Å²) in [5.74, 6) is -0.246. The SMILES string of the molecule is CCn1cc(NC(=O)C(N)C(C)(C)C)ccc1=O. The monoisotopic (exact) mass is 251 g/mol. The molecule has 0 aliphatic carbocycles. The summed E-state index contributed by atoms with van der Waals surface area (Å²) in [6, 6.07) is 2.42. The van der Waals surface area contributed by atoms with E-state index < -0.39 is 6.04 Å². The molecule has 0 aromatic carbocycles. The quantitative estimate of drug-likeness (QED) is 0.846. The fraction of sp³-hybridized carbons (Fsp3) is 0.538. The second kappa shape index (κ2) is 5.35. The highest BCUT2D eigenvalue weighted by atomic mass is 16.2. The van der Waals surface area contributed by atoms with Gasteiger partial charge in [0, 0.05) is 18.8 Å². The van der Waals surface area contributed by atoms with Crippen LogP contribution in [0, 0.1) is 5.41 Å². The van der Waals surface area contributed by atoms with Crippen LogP contribution >= 0.6 is 0 Å². The van der Waals surface area contributed by atoms with Gasteiger partial charge in [-0.3, -0.25) is 9.59 Å². The number of hydrogen-bond acceptors (Lipinski definition) is 3. The smallest absolute Gasteiger partial charge is 0.250 e. The number of anilines is 1. The van der Waals surface area contributed by atoms with Crippen LogP contribution in [0.3, 0.4) is 0 Å². The van der Waals surface area contributed by atoms with Crippen LogP contribution in [0.25, 0.3) is 0 Å². The number of pyridine rings is 1. The second-order valence-corrected chi connectivity index (χ2v) is 5.37. The lowest BCUT2D eigenvalue weighted by Crippen LogP contribution is -2.45. The molecule has 0 aliphatic rings. The van der Waals surface area contributed by atoms with Gasteiger partial charge in [-0.15, -0.1) is 0 Å². The number of nitrogens with one attached hydrogen (secondary N) is 1. The molecule has 0 bridgehead atoms. The molecular weight excluding hydrogens is 230 g/mol. The molecule has 0 radical (unpaired) electrons. The van der Waals surface area contributed by atoms with E-state index in [1.54, 1.807) is 12.3 Å². The molecule has 1 heterocycles. The summed E-state index contributed by atoms with van der Waals surface area (Å²) in [4.78, 5) is 23.3. The molecule has 1 amide bonds. The van der Waals surface area contributed by atoms with Crippen molar-refractivity contribution in [1.82, 2.24) is 4.57 Å². The van der Waals surface area contributed by atoms with Crippen LogP contribution < -0.4 is 16.6 Å². The van der Waals surface area contributed by atoms with Crippen molar-refractivity contribution >= 4 is 11.6 Å². The standard InChI is InChI=1S/C13H21N3O2/c1-5-16-8-9(6-7-10(16)17)15-12(18)11(14)13(2,3)4/h6-8,11H,5,14H2,1-4H3,(H,15,18). The molecule has 0 saturated carbocycles. The lowest BCUT2D eigenvalue weighted by molar-refractivity contribution is -0.119. The van der Waals surface area contributed by atoms with Crippen LogP contribution in [0.15, 0.2) is 23.1 Å². The number of hydrogen-bond donors (Lipinski definition) is 2. The Labute approximate surface area is 107 Å². The fourth-order valence-electron chi connectivity index (χ4n) is 1.47. The van der Waals surface area contributed by atoms with Crippen molar-refractivity contribution in [1.29, 1.82) is 0 Å². The molecule has 100 valence electrons. The molecule has 1 aromatic rings. The Morgan fingerprint density at radius 3 is 2.56 bits per heavy atom. The van der Waals surface area contributed by atoms with Gasteiger partial charge in [-0.1, -0.05) is 20.8 Å². The maximum Gasteiger partial charge on any atom is 0.250 e. The predicted molar refractivity (Wildman–Crippen MR) is 72.4 cm³/mol. The third-order valence-corrected chi connectivity index (χ3v) is 2.81. The number of carbonyl (C=O) groups is 1. The predicted octanol–water partition coefficient (Wildman–Crippen LogP) is 1.18. The summed E-state index contributed by atoms with van der Waals surface area (Å²) in [5, 5.41) is 2.73. The summed E-state index contributed by atoms with van der Waals surface area (Å²) in [7, 11) is 0. The average Bonchev–Trinajstić information content (AvgIpc) is 2.29. The van der Waals surface area contributed by atoms with Crippen molar-refractivity contribution in [2.45, 2.75) is 40.3 Å². The van der Waals surface area contributed by atoms with Gasteiger partial charge in [0.2, 0.25) is 5.91 Å². The Morgan fingerprint density at radius 2 is 2.06 bits per heavy atom. The number of amides is 1. The van der Waals surface area contributed by atoms with Crippen molar-refractivity contribution in [3.63, 3.8) is 0 Å². The van der Waals surface area contributed by atoms with Crippen LogP contribution in [0.5, 0.6) is 0 Å². The van der Waals surface area contributed by atoms with Gasteiger partial charge in [0.15, 0.2) is 0 Å². The van der Waals surface area contributed by atoms with Gasteiger partial charge in [0.05, 0.1) is 11.7 Å². The van der Waals surface area contributed by atoms with Crippen LogP contribution in [-0.4, -0.2) is 16.5 Å². The zero-order chi connectivity index (χ0) is 13.9. The Hall–Kier alpha value is -1.62. The van der Waals surface area contributed by atoms with Gasteiger partial charge >= 0.3 is 0 Å². The molecule has 5 nitrogen and oxygen atoms in total. The maximum absolute atomic E-state index is 11.9. The number of aryl methyl sites for hydroxylation is 1. The van der Waals surface area contributed by atoms with Crippen LogP contribution in [0.1, 0.15) is 27.7 Å². The molecular formula is C13H21N3O2. The highest BCUT2D eigenvalue weighted by molar-refractivity contribution is 5.95. The highest BCUT2D eigenvalue weighted by Crippen LogP contribution is 2.18. The van der Waals surface area contributed by atoms with E-state index in [0.717, 1.165) is 0 Å². The van der Waals surface area contributed by atoms with Crippen molar-refractivity contribution in [2.75, 3.05) is 5.32 Å². The minimum absolute atomic E-state index is 0.0874. The summed E-state index contributed by atoms with van der Waals surface area (Å²) < 4.78 is 1.53. The molecule has 0 spiro atoms. The molecule has 0 saturated heterocycles. The van der Waals surface area contributed by atoms with Crippen molar-refractivity contribution < 1.29 is 4.79 Å². The van der Waals surface area contributed by atoms with Crippen molar-refractivity contribution in [2.24, 2.45) is 11.1 Å². The fourth-order valence-corrected chi connectivity index (χ4v) is 1.47. The third-order valence-electron chi connectivity index (χ3n) is 2.81. The van der Waals surface area contributed by atoms with E-state index in [1.807, 2.05) is 27.7 Å². The average molecular weight is 251 g/mol. The Kier molecular flexibility index (Phi) is 4.29. The number of nitrogens with two attached hydrogens (primary N) is 1. The van der Waals surface area contributed by atoms with Gasteiger partial charge in [-0.05, 0) is 18.4 Å². The van der Waals surface area contributed by atoms with Crippen molar-refractivity contribution in [3.05, 3.63) is 28.7 Å². The number of carbonyl (C=O) groups excluding carboxylic acids is 1. The first kappa shape index (κ1) is 14.4. The van der Waals surface area contributed by atoms with E-state index in [-0.39, 0.29) is 16.9 Å². The van der Waals surface area contributed by atoms with Crippen molar-refractivity contribution in [3.8, 4) is 0 Å². The first-order valence-electron chi connectivity index (χ1n) is 6.02. The zero-order valence-corrected chi connectivity index (χ0v) is 11.4. The lowest BCUT2D eigenvalue weighted by atomic mass is 9.87. The molecule has 1 rings (SSSR count). The summed E-state index contributed by atoms with van der Waals surface area (Å²) in [6.45, 7) is 8.15. The number of nitrogens with zero attached hydrogens (tertiary/aromatic N) is 1. The number of rotatable bonds is 3. The van der Waals surface area contributed by atoms with Gasteiger partial charge < -0.3 is 15.6 Å². The van der Waals surface area contributed by atoms with E-state index in [2.05, 4.69) is 5.32 Å². The second-order valence-electron chi connectivity index (χ2n) is 5.37. The van der Waals surface area contributed by atoms with Crippen LogP contribution in [0.4, 0.5) is 5.69 Å². The lowest BCUT2D eigenvalue weighted by Gasteiger charge is -2.25. The molecule has 1 atom stereocenters. The largest absolute Gasteiger partial charge is 0.323 e. The summed E-state index contributed by atoms with van der Waals surface area (Å²) >= 11 is 0. The molecule has 3 N–H and O–H groups in total. The van der Waals surface area contributed by atoms with E-state index in [1.165, 1.54) is 10.6 Å². The third kappa shape index (κ3) is 3.43. The zero-order valence-electron chi connectivity index (χ0n) is 11.4. The maximum atomic E-state index is 11.9. The summed E-state index contributed by atoms with van der Waals surface area (Å²) in [6.07, 6.45) is 1.62.